The van der Waals surface area contributed by atoms with Crippen LogP contribution in [-0.2, 0) is 14.3 Å². The maximum absolute atomic E-state index is 13.4. The van der Waals surface area contributed by atoms with Crippen molar-refractivity contribution in [3.8, 4) is 5.75 Å². The number of morpholine rings is 1. The van der Waals surface area contributed by atoms with Crippen LogP contribution >= 0.6 is 11.8 Å². The van der Waals surface area contributed by atoms with Crippen molar-refractivity contribution in [3.63, 3.8) is 0 Å². The lowest BCUT2D eigenvalue weighted by Crippen LogP contribution is -2.42. The van der Waals surface area contributed by atoms with E-state index in [2.05, 4.69) is 11.1 Å². The van der Waals surface area contributed by atoms with E-state index >= 15 is 0 Å². The van der Waals surface area contributed by atoms with Gasteiger partial charge in [-0.05, 0) is 60.9 Å². The second-order valence-corrected chi connectivity index (χ2v) is 8.91. The number of amides is 2. The molecule has 0 aromatic heterocycles. The van der Waals surface area contributed by atoms with Crippen LogP contribution in [0.3, 0.4) is 0 Å². The Morgan fingerprint density at radius 2 is 1.79 bits per heavy atom. The number of hydrogen-bond donors (Lipinski definition) is 0. The van der Waals surface area contributed by atoms with E-state index in [0.29, 0.717) is 37.2 Å². The number of aliphatic imine (C=N–C) groups is 1. The van der Waals surface area contributed by atoms with Gasteiger partial charge in [-0.15, -0.1) is 0 Å². The summed E-state index contributed by atoms with van der Waals surface area (Å²) in [5, 5.41) is 0.506. The first-order chi connectivity index (χ1) is 15.9. The van der Waals surface area contributed by atoms with E-state index in [1.165, 1.54) is 11.8 Å². The summed E-state index contributed by atoms with van der Waals surface area (Å²) in [4.78, 5) is 34.1. The Kier molecular flexibility index (Phi) is 7.15. The van der Waals surface area contributed by atoms with Crippen LogP contribution in [0.5, 0.6) is 5.75 Å². The molecule has 2 heterocycles. The first kappa shape index (κ1) is 23.1. The van der Waals surface area contributed by atoms with Crippen LogP contribution in [0.2, 0.25) is 0 Å². The number of amidine groups is 1. The number of ether oxygens (including phenoxy) is 2. The monoisotopic (exact) mass is 465 g/mol. The number of thioether (sulfide) groups is 1. The number of anilines is 1. The van der Waals surface area contributed by atoms with E-state index in [4.69, 9.17) is 9.47 Å². The average molecular weight is 466 g/mol. The van der Waals surface area contributed by atoms with Gasteiger partial charge in [-0.3, -0.25) is 14.5 Å². The van der Waals surface area contributed by atoms with Crippen LogP contribution in [-0.4, -0.2) is 61.0 Å². The minimum Gasteiger partial charge on any atom is -0.497 e. The fraction of sp³-hybridized carbons (Fsp3) is 0.320. The van der Waals surface area contributed by atoms with Gasteiger partial charge in [-0.1, -0.05) is 30.0 Å². The fourth-order valence-corrected chi connectivity index (χ4v) is 4.70. The first-order valence-electron chi connectivity index (χ1n) is 10.8. The summed E-state index contributed by atoms with van der Waals surface area (Å²) in [7, 11) is 1.61. The summed E-state index contributed by atoms with van der Waals surface area (Å²) in [6.07, 6.45) is 1.76. The molecule has 0 atom stereocenters. The van der Waals surface area contributed by atoms with Crippen LogP contribution < -0.4 is 9.64 Å². The van der Waals surface area contributed by atoms with Crippen LogP contribution in [0.1, 0.15) is 16.7 Å². The molecular formula is C25H27N3O4S. The molecule has 2 amide bonds. The summed E-state index contributed by atoms with van der Waals surface area (Å²) in [6.45, 7) is 6.29. The normalized spacial score (nSPS) is 17.5. The van der Waals surface area contributed by atoms with Crippen molar-refractivity contribution in [1.82, 2.24) is 4.90 Å². The lowest BCUT2D eigenvalue weighted by molar-refractivity contribution is -0.132. The molecule has 1 saturated heterocycles. The van der Waals surface area contributed by atoms with Gasteiger partial charge in [0.1, 0.15) is 11.4 Å². The number of rotatable bonds is 5. The quantitative estimate of drug-likeness (QED) is 0.631. The molecule has 2 aromatic carbocycles. The van der Waals surface area contributed by atoms with Crippen molar-refractivity contribution in [1.29, 1.82) is 0 Å². The highest BCUT2D eigenvalue weighted by Crippen LogP contribution is 2.31. The smallest absolute Gasteiger partial charge is 0.283 e. The predicted octanol–water partition coefficient (Wildman–Crippen LogP) is 3.65. The Bertz CT molecular complexity index is 1080. The molecule has 33 heavy (non-hydrogen) atoms. The summed E-state index contributed by atoms with van der Waals surface area (Å²) in [5.41, 5.74) is 4.04. The predicted molar refractivity (Wildman–Crippen MR) is 132 cm³/mol. The molecule has 0 saturated carbocycles. The van der Waals surface area contributed by atoms with Gasteiger partial charge in [0.2, 0.25) is 5.91 Å². The Balaban J connectivity index is 1.61. The van der Waals surface area contributed by atoms with E-state index in [-0.39, 0.29) is 17.6 Å². The SMILES string of the molecule is COc1ccc(/C=C2/N=C(SCC(=O)N3CCOCC3)N(c3cc(C)cc(C)c3)C2=O)cc1. The Labute approximate surface area is 198 Å². The molecule has 7 nitrogen and oxygen atoms in total. The van der Waals surface area contributed by atoms with Crippen LogP contribution in [0.25, 0.3) is 6.08 Å². The minimum absolute atomic E-state index is 0.0198. The number of benzene rings is 2. The second-order valence-electron chi connectivity index (χ2n) is 7.97. The standard InChI is InChI=1S/C25H27N3O4S/c1-17-12-18(2)14-20(13-17)28-24(30)22(15-19-4-6-21(31-3)7-5-19)26-25(28)33-16-23(29)27-8-10-32-11-9-27/h4-7,12-15H,8-11,16H2,1-3H3/b22-15+. The summed E-state index contributed by atoms with van der Waals surface area (Å²) in [5.74, 6) is 0.764. The van der Waals surface area contributed by atoms with Crippen molar-refractivity contribution >= 4 is 40.5 Å². The molecule has 0 N–H and O–H groups in total. The summed E-state index contributed by atoms with van der Waals surface area (Å²) < 4.78 is 10.5. The molecule has 0 spiro atoms. The van der Waals surface area contributed by atoms with Gasteiger partial charge in [0, 0.05) is 13.1 Å². The molecule has 1 fully saturated rings. The molecule has 2 aromatic rings. The molecule has 0 aliphatic carbocycles. The fourth-order valence-electron chi connectivity index (χ4n) is 3.79. The van der Waals surface area contributed by atoms with Gasteiger partial charge in [0.05, 0.1) is 31.8 Å². The Morgan fingerprint density at radius 1 is 1.12 bits per heavy atom. The summed E-state index contributed by atoms with van der Waals surface area (Å²) >= 11 is 1.29. The van der Waals surface area contributed by atoms with Crippen LogP contribution in [0.15, 0.2) is 53.2 Å². The van der Waals surface area contributed by atoms with E-state index < -0.39 is 0 Å². The molecule has 0 unspecified atom stereocenters. The van der Waals surface area contributed by atoms with Gasteiger partial charge in [0.15, 0.2) is 5.17 Å². The average Bonchev–Trinajstić information content (AvgIpc) is 3.12. The molecular weight excluding hydrogens is 438 g/mol. The van der Waals surface area contributed by atoms with Crippen LogP contribution in [0.4, 0.5) is 5.69 Å². The molecule has 172 valence electrons. The van der Waals surface area contributed by atoms with Crippen molar-refractivity contribution in [2.75, 3.05) is 44.1 Å². The maximum atomic E-state index is 13.4. The van der Waals surface area contributed by atoms with Gasteiger partial charge in [-0.2, -0.15) is 0 Å². The molecule has 0 radical (unpaired) electrons. The van der Waals surface area contributed by atoms with Crippen molar-refractivity contribution in [2.45, 2.75) is 13.8 Å². The topological polar surface area (TPSA) is 71.4 Å². The number of carbonyl (C=O) groups excluding carboxylic acids is 2. The molecule has 0 bridgehead atoms. The van der Waals surface area contributed by atoms with E-state index in [1.807, 2.05) is 50.2 Å². The molecule has 8 heteroatoms. The minimum atomic E-state index is -0.211. The number of nitrogens with zero attached hydrogens (tertiary/aromatic N) is 3. The van der Waals surface area contributed by atoms with E-state index in [1.54, 1.807) is 23.0 Å². The summed E-state index contributed by atoms with van der Waals surface area (Å²) in [6, 6.07) is 13.4. The zero-order valence-electron chi connectivity index (χ0n) is 19.0. The lowest BCUT2D eigenvalue weighted by Gasteiger charge is -2.27. The molecule has 2 aliphatic heterocycles. The highest BCUT2D eigenvalue weighted by atomic mass is 32.2. The highest BCUT2D eigenvalue weighted by Gasteiger charge is 2.33. The van der Waals surface area contributed by atoms with Crippen LogP contribution in [0, 0.1) is 13.8 Å². The van der Waals surface area contributed by atoms with Gasteiger partial charge in [0.25, 0.3) is 5.91 Å². The zero-order chi connectivity index (χ0) is 23.4. The Morgan fingerprint density at radius 3 is 2.42 bits per heavy atom. The molecule has 2 aliphatic rings. The van der Waals surface area contributed by atoms with Crippen molar-refractivity contribution in [3.05, 3.63) is 64.9 Å². The van der Waals surface area contributed by atoms with Gasteiger partial charge >= 0.3 is 0 Å². The first-order valence-corrected chi connectivity index (χ1v) is 11.8. The number of hydrogen-bond acceptors (Lipinski definition) is 6. The highest BCUT2D eigenvalue weighted by molar-refractivity contribution is 8.14. The van der Waals surface area contributed by atoms with E-state index in [9.17, 15) is 9.59 Å². The number of methoxy groups -OCH3 is 1. The van der Waals surface area contributed by atoms with Gasteiger partial charge in [-0.25, -0.2) is 4.99 Å². The third-order valence-corrected chi connectivity index (χ3v) is 6.33. The zero-order valence-corrected chi connectivity index (χ0v) is 19.9. The maximum Gasteiger partial charge on any atom is 0.283 e. The lowest BCUT2D eigenvalue weighted by atomic mass is 10.1. The third-order valence-electron chi connectivity index (χ3n) is 5.40. The molecule has 4 rings (SSSR count). The largest absolute Gasteiger partial charge is 0.497 e. The number of carbonyl (C=O) groups is 2. The van der Waals surface area contributed by atoms with Crippen molar-refractivity contribution in [2.24, 2.45) is 4.99 Å². The third kappa shape index (κ3) is 5.46. The second kappa shape index (κ2) is 10.2. The number of aryl methyl sites for hydroxylation is 2. The van der Waals surface area contributed by atoms with Crippen molar-refractivity contribution < 1.29 is 19.1 Å². The van der Waals surface area contributed by atoms with Gasteiger partial charge < -0.3 is 14.4 Å². The van der Waals surface area contributed by atoms with E-state index in [0.717, 1.165) is 28.1 Å². The Hall–Kier alpha value is -3.10.